The number of rotatable bonds is 3. The van der Waals surface area contributed by atoms with Crippen molar-refractivity contribution in [3.63, 3.8) is 0 Å². The molecule has 14 heavy (non-hydrogen) atoms. The van der Waals surface area contributed by atoms with Gasteiger partial charge in [-0.1, -0.05) is 12.1 Å². The number of hydrogen-bond acceptors (Lipinski definition) is 2. The molecular formula is C12H19NO. The molecule has 0 radical (unpaired) electrons. The normalized spacial score (nSPS) is 12.9. The molecule has 0 saturated carbocycles. The van der Waals surface area contributed by atoms with Crippen molar-refractivity contribution in [1.29, 1.82) is 0 Å². The highest BCUT2D eigenvalue weighted by molar-refractivity contribution is 5.38. The summed E-state index contributed by atoms with van der Waals surface area (Å²) >= 11 is 0. The predicted molar refractivity (Wildman–Crippen MR) is 59.3 cm³/mol. The molecule has 1 atom stereocenters. The smallest absolute Gasteiger partial charge is 0.0449 e. The lowest BCUT2D eigenvalue weighted by molar-refractivity contribution is 0.276. The van der Waals surface area contributed by atoms with Gasteiger partial charge in [0, 0.05) is 12.6 Å². The van der Waals surface area contributed by atoms with E-state index in [1.807, 2.05) is 0 Å². The van der Waals surface area contributed by atoms with E-state index >= 15 is 0 Å². The van der Waals surface area contributed by atoms with E-state index in [1.165, 1.54) is 16.7 Å². The summed E-state index contributed by atoms with van der Waals surface area (Å²) in [6, 6.07) is 4.24. The van der Waals surface area contributed by atoms with Crippen molar-refractivity contribution in [3.05, 3.63) is 34.4 Å². The van der Waals surface area contributed by atoms with Crippen LogP contribution in [0.3, 0.4) is 0 Å². The molecule has 0 aliphatic carbocycles. The van der Waals surface area contributed by atoms with E-state index in [9.17, 15) is 0 Å². The lowest BCUT2D eigenvalue weighted by Gasteiger charge is -2.15. The second-order valence-corrected chi connectivity index (χ2v) is 3.91. The van der Waals surface area contributed by atoms with Crippen LogP contribution in [0.4, 0.5) is 0 Å². The minimum atomic E-state index is -0.0423. The SMILES string of the molecule is Cc1cc(C)c(C(N)CCO)cc1C. The average Bonchev–Trinajstić information content (AvgIpc) is 2.11. The maximum absolute atomic E-state index is 8.83. The Hall–Kier alpha value is -0.860. The van der Waals surface area contributed by atoms with Crippen molar-refractivity contribution in [2.45, 2.75) is 33.2 Å². The van der Waals surface area contributed by atoms with E-state index in [0.29, 0.717) is 6.42 Å². The summed E-state index contributed by atoms with van der Waals surface area (Å²) < 4.78 is 0. The highest BCUT2D eigenvalue weighted by Gasteiger charge is 2.09. The predicted octanol–water partition coefficient (Wildman–Crippen LogP) is 1.99. The second kappa shape index (κ2) is 4.58. The van der Waals surface area contributed by atoms with Gasteiger partial charge in [-0.2, -0.15) is 0 Å². The maximum atomic E-state index is 8.83. The van der Waals surface area contributed by atoms with Gasteiger partial charge in [0.1, 0.15) is 0 Å². The van der Waals surface area contributed by atoms with Crippen LogP contribution < -0.4 is 5.73 Å². The minimum Gasteiger partial charge on any atom is -0.396 e. The van der Waals surface area contributed by atoms with Gasteiger partial charge < -0.3 is 10.8 Å². The number of aliphatic hydroxyl groups is 1. The summed E-state index contributed by atoms with van der Waals surface area (Å²) in [6.07, 6.45) is 0.628. The van der Waals surface area contributed by atoms with Crippen molar-refractivity contribution in [3.8, 4) is 0 Å². The molecule has 0 aliphatic rings. The quantitative estimate of drug-likeness (QED) is 0.771. The third kappa shape index (κ3) is 2.34. The van der Waals surface area contributed by atoms with Crippen LogP contribution in [0.2, 0.25) is 0 Å². The summed E-state index contributed by atoms with van der Waals surface area (Å²) in [5, 5.41) is 8.83. The van der Waals surface area contributed by atoms with Crippen LogP contribution >= 0.6 is 0 Å². The van der Waals surface area contributed by atoms with Crippen LogP contribution in [0.1, 0.15) is 34.7 Å². The first kappa shape index (κ1) is 11.2. The summed E-state index contributed by atoms with van der Waals surface area (Å²) in [7, 11) is 0. The maximum Gasteiger partial charge on any atom is 0.0449 e. The molecule has 0 saturated heterocycles. The van der Waals surface area contributed by atoms with Crippen molar-refractivity contribution in [1.82, 2.24) is 0 Å². The first-order chi connectivity index (χ1) is 6.56. The van der Waals surface area contributed by atoms with Crippen molar-refractivity contribution < 1.29 is 5.11 Å². The third-order valence-corrected chi connectivity index (χ3v) is 2.72. The van der Waals surface area contributed by atoms with Crippen molar-refractivity contribution >= 4 is 0 Å². The Labute approximate surface area is 85.8 Å². The van der Waals surface area contributed by atoms with Gasteiger partial charge >= 0.3 is 0 Å². The number of hydrogen-bond donors (Lipinski definition) is 2. The van der Waals surface area contributed by atoms with Gasteiger partial charge in [0.2, 0.25) is 0 Å². The average molecular weight is 193 g/mol. The molecule has 2 nitrogen and oxygen atoms in total. The fourth-order valence-electron chi connectivity index (χ4n) is 1.68. The van der Waals surface area contributed by atoms with Crippen LogP contribution in [0.15, 0.2) is 12.1 Å². The molecular weight excluding hydrogens is 174 g/mol. The van der Waals surface area contributed by atoms with Gasteiger partial charge in [0.15, 0.2) is 0 Å². The van der Waals surface area contributed by atoms with Gasteiger partial charge in [0.25, 0.3) is 0 Å². The van der Waals surface area contributed by atoms with Gasteiger partial charge in [-0.25, -0.2) is 0 Å². The highest BCUT2D eigenvalue weighted by atomic mass is 16.3. The summed E-state index contributed by atoms with van der Waals surface area (Å²) in [4.78, 5) is 0. The molecule has 0 amide bonds. The third-order valence-electron chi connectivity index (χ3n) is 2.72. The second-order valence-electron chi connectivity index (χ2n) is 3.91. The first-order valence-corrected chi connectivity index (χ1v) is 5.00. The molecule has 2 heteroatoms. The van der Waals surface area contributed by atoms with Crippen LogP contribution in [0.5, 0.6) is 0 Å². The van der Waals surface area contributed by atoms with Gasteiger partial charge in [-0.05, 0) is 49.4 Å². The molecule has 1 aromatic rings. The molecule has 0 heterocycles. The number of aliphatic hydroxyl groups excluding tert-OH is 1. The lowest BCUT2D eigenvalue weighted by atomic mass is 9.95. The first-order valence-electron chi connectivity index (χ1n) is 5.00. The molecule has 1 aromatic carbocycles. The van der Waals surface area contributed by atoms with Crippen LogP contribution in [-0.2, 0) is 0 Å². The monoisotopic (exact) mass is 193 g/mol. The van der Waals surface area contributed by atoms with E-state index in [2.05, 4.69) is 32.9 Å². The zero-order valence-electron chi connectivity index (χ0n) is 9.17. The molecule has 78 valence electrons. The topological polar surface area (TPSA) is 46.2 Å². The fraction of sp³-hybridized carbons (Fsp3) is 0.500. The largest absolute Gasteiger partial charge is 0.396 e. The van der Waals surface area contributed by atoms with Crippen molar-refractivity contribution in [2.24, 2.45) is 5.73 Å². The van der Waals surface area contributed by atoms with Crippen LogP contribution in [0.25, 0.3) is 0 Å². The summed E-state index contributed by atoms with van der Waals surface area (Å²) in [5.41, 5.74) is 10.9. The van der Waals surface area contributed by atoms with Gasteiger partial charge in [-0.15, -0.1) is 0 Å². The van der Waals surface area contributed by atoms with Crippen LogP contribution in [0, 0.1) is 20.8 Å². The van der Waals surface area contributed by atoms with E-state index in [4.69, 9.17) is 10.8 Å². The zero-order chi connectivity index (χ0) is 10.7. The Balaban J connectivity index is 3.02. The standard InChI is InChI=1S/C12H19NO/c1-8-6-10(3)11(7-9(8)2)12(13)4-5-14/h6-7,12,14H,4-5,13H2,1-3H3. The highest BCUT2D eigenvalue weighted by Crippen LogP contribution is 2.21. The van der Waals surface area contributed by atoms with E-state index in [-0.39, 0.29) is 12.6 Å². The Kier molecular flexibility index (Phi) is 3.67. The molecule has 0 aliphatic heterocycles. The molecule has 0 spiro atoms. The Morgan fingerprint density at radius 3 is 2.29 bits per heavy atom. The summed E-state index contributed by atoms with van der Waals surface area (Å²) in [5.74, 6) is 0. The van der Waals surface area contributed by atoms with Crippen molar-refractivity contribution in [2.75, 3.05) is 6.61 Å². The Bertz CT molecular complexity index is 320. The number of benzene rings is 1. The number of nitrogens with two attached hydrogens (primary N) is 1. The minimum absolute atomic E-state index is 0.0423. The molecule has 0 bridgehead atoms. The van der Waals surface area contributed by atoms with Gasteiger partial charge in [-0.3, -0.25) is 0 Å². The fourth-order valence-corrected chi connectivity index (χ4v) is 1.68. The molecule has 1 unspecified atom stereocenters. The molecule has 0 fully saturated rings. The number of aryl methyl sites for hydroxylation is 3. The molecule has 1 rings (SSSR count). The lowest BCUT2D eigenvalue weighted by Crippen LogP contribution is -2.13. The van der Waals surface area contributed by atoms with E-state index in [0.717, 1.165) is 5.56 Å². The Morgan fingerprint density at radius 1 is 1.14 bits per heavy atom. The van der Waals surface area contributed by atoms with E-state index in [1.54, 1.807) is 0 Å². The molecule has 3 N–H and O–H groups in total. The summed E-state index contributed by atoms with van der Waals surface area (Å²) in [6.45, 7) is 6.40. The Morgan fingerprint density at radius 2 is 1.71 bits per heavy atom. The van der Waals surface area contributed by atoms with E-state index < -0.39 is 0 Å². The molecule has 0 aromatic heterocycles. The zero-order valence-corrected chi connectivity index (χ0v) is 9.17. The van der Waals surface area contributed by atoms with Crippen LogP contribution in [-0.4, -0.2) is 11.7 Å². The van der Waals surface area contributed by atoms with Gasteiger partial charge in [0.05, 0.1) is 0 Å².